The number of piperidine rings is 1. The lowest BCUT2D eigenvalue weighted by atomic mass is 10.0. The van der Waals surface area contributed by atoms with Crippen molar-refractivity contribution in [3.05, 3.63) is 94.3 Å². The van der Waals surface area contributed by atoms with Crippen LogP contribution in [0.5, 0.6) is 0 Å². The van der Waals surface area contributed by atoms with Crippen molar-refractivity contribution in [1.82, 2.24) is 45.9 Å². The monoisotopic (exact) mass is 523 g/mol. The molecule has 0 saturated carbocycles. The Morgan fingerprint density at radius 1 is 1.03 bits per heavy atom. The molecule has 1 aliphatic heterocycles. The zero-order valence-corrected chi connectivity index (χ0v) is 21.3. The second kappa shape index (κ2) is 11.0. The number of amides is 1. The van der Waals surface area contributed by atoms with Gasteiger partial charge in [0, 0.05) is 48.2 Å². The lowest BCUT2D eigenvalue weighted by molar-refractivity contribution is 0.0929. The zero-order chi connectivity index (χ0) is 26.6. The van der Waals surface area contributed by atoms with Crippen molar-refractivity contribution in [2.45, 2.75) is 32.0 Å². The SMILES string of the molecule is O=C(NC1CCNCC1)c1ccc(-c2cc3cn(-c4ccc(CNCc5c[nH]nn5)cc4)c(=O)nc3[nH]2)cc1. The van der Waals surface area contributed by atoms with Crippen molar-refractivity contribution in [3.8, 4) is 16.9 Å². The summed E-state index contributed by atoms with van der Waals surface area (Å²) >= 11 is 0. The summed E-state index contributed by atoms with van der Waals surface area (Å²) in [6, 6.07) is 17.4. The number of nitrogens with zero attached hydrogens (tertiary/aromatic N) is 4. The molecule has 1 amide bonds. The van der Waals surface area contributed by atoms with E-state index in [9.17, 15) is 9.59 Å². The normalized spacial score (nSPS) is 14.1. The first-order valence-electron chi connectivity index (χ1n) is 13.0. The quantitative estimate of drug-likeness (QED) is 0.210. The molecule has 39 heavy (non-hydrogen) atoms. The van der Waals surface area contributed by atoms with E-state index in [0.29, 0.717) is 24.3 Å². The average molecular weight is 524 g/mol. The van der Waals surface area contributed by atoms with Crippen LogP contribution in [0.4, 0.5) is 0 Å². The lowest BCUT2D eigenvalue weighted by Gasteiger charge is -2.23. The molecule has 5 N–H and O–H groups in total. The van der Waals surface area contributed by atoms with Gasteiger partial charge in [-0.3, -0.25) is 14.5 Å². The van der Waals surface area contributed by atoms with Crippen LogP contribution >= 0.6 is 0 Å². The number of carbonyl (C=O) groups is 1. The average Bonchev–Trinajstić information content (AvgIpc) is 3.64. The summed E-state index contributed by atoms with van der Waals surface area (Å²) < 4.78 is 1.54. The Kier molecular flexibility index (Phi) is 6.98. The van der Waals surface area contributed by atoms with E-state index in [4.69, 9.17) is 0 Å². The maximum atomic E-state index is 12.8. The largest absolute Gasteiger partial charge is 0.354 e. The van der Waals surface area contributed by atoms with Crippen LogP contribution in [-0.4, -0.2) is 55.0 Å². The first-order valence-corrected chi connectivity index (χ1v) is 13.0. The van der Waals surface area contributed by atoms with Crippen molar-refractivity contribution in [3.63, 3.8) is 0 Å². The summed E-state index contributed by atoms with van der Waals surface area (Å²) in [5, 5.41) is 20.9. The maximum Gasteiger partial charge on any atom is 0.354 e. The van der Waals surface area contributed by atoms with Gasteiger partial charge >= 0.3 is 5.69 Å². The Morgan fingerprint density at radius 3 is 2.56 bits per heavy atom. The first-order chi connectivity index (χ1) is 19.1. The molecular formula is C28H29N9O2. The smallest absolute Gasteiger partial charge is 0.349 e. The predicted molar refractivity (Wildman–Crippen MR) is 147 cm³/mol. The van der Waals surface area contributed by atoms with Crippen molar-refractivity contribution in [2.75, 3.05) is 13.1 Å². The standard InChI is InChI=1S/C28H29N9O2/c38-27(32-22-9-11-29-12-10-22)20-5-3-19(4-6-20)25-13-21-17-37(28(39)34-26(21)33-25)24-7-1-18(2-8-24)14-30-15-23-16-31-36-35-23/h1-8,13,16-17,22,29-30H,9-12,14-15H2,(H,32,38)(H,31,35,36)(H,33,34,39). The van der Waals surface area contributed by atoms with Crippen LogP contribution in [0.2, 0.25) is 0 Å². The summed E-state index contributed by atoms with van der Waals surface area (Å²) in [6.45, 7) is 3.14. The van der Waals surface area contributed by atoms with Crippen molar-refractivity contribution in [2.24, 2.45) is 0 Å². The second-order valence-corrected chi connectivity index (χ2v) is 9.69. The fourth-order valence-electron chi connectivity index (χ4n) is 4.79. The molecule has 11 heteroatoms. The molecule has 6 rings (SSSR count). The Balaban J connectivity index is 1.15. The van der Waals surface area contributed by atoms with E-state index in [1.807, 2.05) is 54.6 Å². The van der Waals surface area contributed by atoms with Crippen molar-refractivity contribution < 1.29 is 4.79 Å². The van der Waals surface area contributed by atoms with Crippen LogP contribution < -0.4 is 21.6 Å². The summed E-state index contributed by atoms with van der Waals surface area (Å²) in [5.41, 5.74) is 5.19. The van der Waals surface area contributed by atoms with Crippen LogP contribution in [-0.2, 0) is 13.1 Å². The van der Waals surface area contributed by atoms with Crippen molar-refractivity contribution in [1.29, 1.82) is 0 Å². The van der Waals surface area contributed by atoms with Gasteiger partial charge in [-0.15, -0.1) is 5.10 Å². The molecule has 1 fully saturated rings. The number of hydrogen-bond acceptors (Lipinski definition) is 7. The minimum Gasteiger partial charge on any atom is -0.349 e. The van der Waals surface area contributed by atoms with E-state index >= 15 is 0 Å². The van der Waals surface area contributed by atoms with E-state index in [1.165, 1.54) is 0 Å². The number of aromatic amines is 2. The molecule has 5 aromatic rings. The third-order valence-electron chi connectivity index (χ3n) is 6.96. The highest BCUT2D eigenvalue weighted by molar-refractivity contribution is 5.95. The molecular weight excluding hydrogens is 494 g/mol. The van der Waals surface area contributed by atoms with Gasteiger partial charge in [-0.1, -0.05) is 29.5 Å². The minimum absolute atomic E-state index is 0.0550. The van der Waals surface area contributed by atoms with Gasteiger partial charge in [0.1, 0.15) is 5.65 Å². The highest BCUT2D eigenvalue weighted by Gasteiger charge is 2.16. The van der Waals surface area contributed by atoms with Gasteiger partial charge in [0.15, 0.2) is 0 Å². The van der Waals surface area contributed by atoms with E-state index in [1.54, 1.807) is 17.0 Å². The van der Waals surface area contributed by atoms with Gasteiger partial charge in [0.05, 0.1) is 11.4 Å². The zero-order valence-electron chi connectivity index (χ0n) is 21.3. The molecule has 1 aliphatic rings. The summed E-state index contributed by atoms with van der Waals surface area (Å²) in [6.07, 6.45) is 5.44. The van der Waals surface area contributed by atoms with Gasteiger partial charge in [-0.05, 0) is 67.4 Å². The number of benzene rings is 2. The summed E-state index contributed by atoms with van der Waals surface area (Å²) in [5.74, 6) is -0.0550. The lowest BCUT2D eigenvalue weighted by Crippen LogP contribution is -2.42. The third kappa shape index (κ3) is 5.64. The molecule has 0 bridgehead atoms. The van der Waals surface area contributed by atoms with E-state index in [-0.39, 0.29) is 17.6 Å². The third-order valence-corrected chi connectivity index (χ3v) is 6.96. The maximum absolute atomic E-state index is 12.8. The molecule has 0 aliphatic carbocycles. The Labute approximate surface area is 224 Å². The molecule has 0 radical (unpaired) electrons. The number of hydrogen-bond donors (Lipinski definition) is 5. The van der Waals surface area contributed by atoms with Gasteiger partial charge in [-0.25, -0.2) is 4.79 Å². The fourth-order valence-corrected chi connectivity index (χ4v) is 4.79. The molecule has 0 unspecified atom stereocenters. The first kappa shape index (κ1) is 24.7. The fraction of sp³-hybridized carbons (Fsp3) is 0.250. The molecule has 198 valence electrons. The molecule has 1 saturated heterocycles. The van der Waals surface area contributed by atoms with Crippen LogP contribution in [0.25, 0.3) is 28.0 Å². The number of nitrogens with one attached hydrogen (secondary N) is 5. The molecule has 0 atom stereocenters. The molecule has 11 nitrogen and oxygen atoms in total. The van der Waals surface area contributed by atoms with Gasteiger partial charge in [0.25, 0.3) is 5.91 Å². The van der Waals surface area contributed by atoms with Crippen LogP contribution in [0.15, 0.2) is 71.8 Å². The Bertz CT molecular complexity index is 1610. The van der Waals surface area contributed by atoms with E-state index in [2.05, 4.69) is 41.3 Å². The van der Waals surface area contributed by atoms with Crippen LogP contribution in [0.1, 0.15) is 34.5 Å². The number of H-pyrrole nitrogens is 2. The van der Waals surface area contributed by atoms with Gasteiger partial charge < -0.3 is 20.9 Å². The summed E-state index contributed by atoms with van der Waals surface area (Å²) in [7, 11) is 0. The van der Waals surface area contributed by atoms with Gasteiger partial charge in [-0.2, -0.15) is 4.98 Å². The van der Waals surface area contributed by atoms with E-state index < -0.39 is 0 Å². The second-order valence-electron chi connectivity index (χ2n) is 9.69. The molecule has 4 heterocycles. The van der Waals surface area contributed by atoms with Crippen LogP contribution in [0.3, 0.4) is 0 Å². The molecule has 2 aromatic carbocycles. The Hall–Kier alpha value is -4.61. The van der Waals surface area contributed by atoms with Crippen LogP contribution in [0, 0.1) is 0 Å². The van der Waals surface area contributed by atoms with Gasteiger partial charge in [0.2, 0.25) is 0 Å². The number of fused-ring (bicyclic) bond motifs is 1. The Morgan fingerprint density at radius 2 is 1.82 bits per heavy atom. The number of rotatable bonds is 8. The molecule has 0 spiro atoms. The highest BCUT2D eigenvalue weighted by Crippen LogP contribution is 2.23. The predicted octanol–water partition coefficient (Wildman–Crippen LogP) is 2.27. The molecule has 3 aromatic heterocycles. The number of aromatic nitrogens is 6. The van der Waals surface area contributed by atoms with Crippen molar-refractivity contribution >= 4 is 16.9 Å². The topological polar surface area (TPSA) is 145 Å². The minimum atomic E-state index is -0.363. The van der Waals surface area contributed by atoms with E-state index in [0.717, 1.165) is 59.5 Å². The number of carbonyl (C=O) groups excluding carboxylic acids is 1. The summed E-state index contributed by atoms with van der Waals surface area (Å²) in [4.78, 5) is 32.9. The highest BCUT2D eigenvalue weighted by atomic mass is 16.2.